The molecule has 0 spiro atoms. The average molecular weight is 585 g/mol. The molecule has 0 aliphatic heterocycles. The topological polar surface area (TPSA) is 79.7 Å². The SMILES string of the molecule is CCOc1c(I)cc(Br)cc1-c1nn(-c2ccccc2)c(C(=O)OC)c1C(=O)OC. The van der Waals surface area contributed by atoms with E-state index in [2.05, 4.69) is 43.6 Å². The molecule has 7 nitrogen and oxygen atoms in total. The highest BCUT2D eigenvalue weighted by Crippen LogP contribution is 2.39. The van der Waals surface area contributed by atoms with Crippen molar-refractivity contribution in [3.8, 4) is 22.7 Å². The van der Waals surface area contributed by atoms with Crippen molar-refractivity contribution < 1.29 is 23.8 Å². The minimum Gasteiger partial charge on any atom is -0.492 e. The van der Waals surface area contributed by atoms with Gasteiger partial charge in [-0.1, -0.05) is 34.1 Å². The monoisotopic (exact) mass is 584 g/mol. The summed E-state index contributed by atoms with van der Waals surface area (Å²) >= 11 is 5.63. The molecule has 9 heteroatoms. The number of hydrogen-bond acceptors (Lipinski definition) is 6. The normalized spacial score (nSPS) is 10.6. The first-order chi connectivity index (χ1) is 14.4. The third kappa shape index (κ3) is 4.22. The van der Waals surface area contributed by atoms with Crippen LogP contribution in [-0.4, -0.2) is 42.5 Å². The highest BCUT2D eigenvalue weighted by atomic mass is 127. The molecule has 0 unspecified atom stereocenters. The van der Waals surface area contributed by atoms with Crippen LogP contribution in [0.15, 0.2) is 46.9 Å². The van der Waals surface area contributed by atoms with Gasteiger partial charge in [-0.2, -0.15) is 5.10 Å². The fourth-order valence-electron chi connectivity index (χ4n) is 2.97. The summed E-state index contributed by atoms with van der Waals surface area (Å²) in [5.41, 5.74) is 1.38. The quantitative estimate of drug-likeness (QED) is 0.304. The fraction of sp³-hybridized carbons (Fsp3) is 0.190. The average Bonchev–Trinajstić information content (AvgIpc) is 3.15. The predicted octanol–water partition coefficient (Wildman–Crippen LogP) is 4.88. The minimum atomic E-state index is -0.708. The van der Waals surface area contributed by atoms with Crippen LogP contribution in [0.5, 0.6) is 5.75 Å². The lowest BCUT2D eigenvalue weighted by Crippen LogP contribution is -2.15. The molecule has 0 aliphatic carbocycles. The summed E-state index contributed by atoms with van der Waals surface area (Å²) in [5, 5.41) is 4.62. The molecule has 0 N–H and O–H groups in total. The van der Waals surface area contributed by atoms with Crippen LogP contribution < -0.4 is 4.74 Å². The van der Waals surface area contributed by atoms with Crippen molar-refractivity contribution in [2.24, 2.45) is 0 Å². The summed E-state index contributed by atoms with van der Waals surface area (Å²) in [4.78, 5) is 25.5. The highest BCUT2D eigenvalue weighted by Gasteiger charge is 2.33. The third-order valence-electron chi connectivity index (χ3n) is 4.21. The molecule has 0 atom stereocenters. The van der Waals surface area contributed by atoms with Crippen molar-refractivity contribution in [3.05, 3.63) is 61.8 Å². The van der Waals surface area contributed by atoms with Crippen molar-refractivity contribution in [2.45, 2.75) is 6.92 Å². The summed E-state index contributed by atoms with van der Waals surface area (Å²) in [6.45, 7) is 2.28. The molecule has 0 bridgehead atoms. The second kappa shape index (κ2) is 9.61. The van der Waals surface area contributed by atoms with E-state index in [1.54, 1.807) is 18.2 Å². The van der Waals surface area contributed by atoms with E-state index in [0.717, 1.165) is 8.04 Å². The summed E-state index contributed by atoms with van der Waals surface area (Å²) in [7, 11) is 2.50. The molecule has 0 aliphatic rings. The van der Waals surface area contributed by atoms with Crippen LogP contribution in [0.3, 0.4) is 0 Å². The second-order valence-corrected chi connectivity index (χ2v) is 8.08. The van der Waals surface area contributed by atoms with Crippen molar-refractivity contribution in [1.29, 1.82) is 0 Å². The van der Waals surface area contributed by atoms with Gasteiger partial charge in [0.1, 0.15) is 17.0 Å². The lowest BCUT2D eigenvalue weighted by atomic mass is 10.0. The van der Waals surface area contributed by atoms with Crippen LogP contribution >= 0.6 is 38.5 Å². The number of rotatable bonds is 6. The molecule has 3 rings (SSSR count). The molecule has 1 aromatic heterocycles. The van der Waals surface area contributed by atoms with Gasteiger partial charge in [0, 0.05) is 10.0 Å². The lowest BCUT2D eigenvalue weighted by molar-refractivity contribution is 0.0549. The van der Waals surface area contributed by atoms with Gasteiger partial charge >= 0.3 is 11.9 Å². The molecule has 156 valence electrons. The van der Waals surface area contributed by atoms with Gasteiger partial charge in [-0.05, 0) is 53.8 Å². The van der Waals surface area contributed by atoms with Gasteiger partial charge in [-0.3, -0.25) is 0 Å². The summed E-state index contributed by atoms with van der Waals surface area (Å²) in [6.07, 6.45) is 0. The molecule has 0 radical (unpaired) electrons. The fourth-order valence-corrected chi connectivity index (χ4v) is 4.64. The highest BCUT2D eigenvalue weighted by molar-refractivity contribution is 14.1. The van der Waals surface area contributed by atoms with Crippen LogP contribution in [-0.2, 0) is 9.47 Å². The Hall–Kier alpha value is -2.40. The van der Waals surface area contributed by atoms with E-state index in [4.69, 9.17) is 14.2 Å². The molecule has 0 saturated heterocycles. The Morgan fingerprint density at radius 3 is 2.37 bits per heavy atom. The number of para-hydroxylation sites is 1. The Balaban J connectivity index is 2.43. The first kappa shape index (κ1) is 22.3. The van der Waals surface area contributed by atoms with Crippen molar-refractivity contribution >= 4 is 50.5 Å². The van der Waals surface area contributed by atoms with E-state index in [9.17, 15) is 9.59 Å². The zero-order valence-corrected chi connectivity index (χ0v) is 20.2. The van der Waals surface area contributed by atoms with Crippen LogP contribution in [0.25, 0.3) is 16.9 Å². The maximum absolute atomic E-state index is 12.8. The van der Waals surface area contributed by atoms with Gasteiger partial charge in [0.05, 0.1) is 30.1 Å². The number of methoxy groups -OCH3 is 2. The number of carbonyl (C=O) groups excluding carboxylic acids is 2. The Bertz CT molecular complexity index is 1100. The maximum atomic E-state index is 12.8. The molecule has 1 heterocycles. The van der Waals surface area contributed by atoms with E-state index >= 15 is 0 Å². The number of ether oxygens (including phenoxy) is 3. The number of hydrogen-bond donors (Lipinski definition) is 0. The van der Waals surface area contributed by atoms with Gasteiger partial charge in [0.2, 0.25) is 0 Å². The van der Waals surface area contributed by atoms with Gasteiger partial charge in [-0.25, -0.2) is 14.3 Å². The Kier molecular flexibility index (Phi) is 7.14. The van der Waals surface area contributed by atoms with E-state index in [0.29, 0.717) is 23.6 Å². The number of benzene rings is 2. The molecule has 0 saturated carbocycles. The van der Waals surface area contributed by atoms with Gasteiger partial charge in [0.25, 0.3) is 0 Å². The number of carbonyl (C=O) groups is 2. The molecular formula is C21H18BrIN2O5. The van der Waals surface area contributed by atoms with Crippen LogP contribution in [0.4, 0.5) is 0 Å². The second-order valence-electron chi connectivity index (χ2n) is 6.00. The Morgan fingerprint density at radius 2 is 1.77 bits per heavy atom. The molecule has 3 aromatic rings. The standard InChI is InChI=1S/C21H18BrIN2O5/c1-4-30-19-14(10-12(22)11-15(19)23)17-16(20(26)28-2)18(21(27)29-3)25(24-17)13-8-6-5-7-9-13/h5-11H,4H2,1-3H3. The first-order valence-electron chi connectivity index (χ1n) is 8.90. The predicted molar refractivity (Wildman–Crippen MR) is 123 cm³/mol. The van der Waals surface area contributed by atoms with Crippen molar-refractivity contribution in [3.63, 3.8) is 0 Å². The lowest BCUT2D eigenvalue weighted by Gasteiger charge is -2.12. The number of halogens is 2. The number of aromatic nitrogens is 2. The van der Waals surface area contributed by atoms with Crippen molar-refractivity contribution in [1.82, 2.24) is 9.78 Å². The molecule has 0 amide bonds. The maximum Gasteiger partial charge on any atom is 0.357 e. The Labute approximate surface area is 195 Å². The molecule has 0 fully saturated rings. The third-order valence-corrected chi connectivity index (χ3v) is 5.47. The van der Waals surface area contributed by atoms with Crippen LogP contribution in [0.1, 0.15) is 27.8 Å². The summed E-state index contributed by atoms with van der Waals surface area (Å²) in [6, 6.07) is 12.7. The zero-order chi connectivity index (χ0) is 21.8. The largest absolute Gasteiger partial charge is 0.492 e. The smallest absolute Gasteiger partial charge is 0.357 e. The summed E-state index contributed by atoms with van der Waals surface area (Å²) < 4.78 is 18.8. The molecular weight excluding hydrogens is 567 g/mol. The first-order valence-corrected chi connectivity index (χ1v) is 10.8. The molecule has 2 aromatic carbocycles. The minimum absolute atomic E-state index is 0.00283. The number of nitrogens with zero attached hydrogens (tertiary/aromatic N) is 2. The number of esters is 2. The van der Waals surface area contributed by atoms with Crippen LogP contribution in [0, 0.1) is 3.57 Å². The zero-order valence-electron chi connectivity index (χ0n) is 16.4. The van der Waals surface area contributed by atoms with E-state index in [1.807, 2.05) is 31.2 Å². The van der Waals surface area contributed by atoms with Gasteiger partial charge in [-0.15, -0.1) is 0 Å². The Morgan fingerprint density at radius 1 is 1.10 bits per heavy atom. The summed E-state index contributed by atoms with van der Waals surface area (Å²) in [5.74, 6) is -0.855. The van der Waals surface area contributed by atoms with E-state index < -0.39 is 11.9 Å². The van der Waals surface area contributed by atoms with E-state index in [-0.39, 0.29) is 17.0 Å². The van der Waals surface area contributed by atoms with Gasteiger partial charge in [0.15, 0.2) is 5.69 Å². The van der Waals surface area contributed by atoms with E-state index in [1.165, 1.54) is 18.9 Å². The van der Waals surface area contributed by atoms with Crippen molar-refractivity contribution in [2.75, 3.05) is 20.8 Å². The van der Waals surface area contributed by atoms with Gasteiger partial charge < -0.3 is 14.2 Å². The molecule has 30 heavy (non-hydrogen) atoms. The van der Waals surface area contributed by atoms with Crippen LogP contribution in [0.2, 0.25) is 0 Å².